The number of aromatic nitrogens is 2. The molecule has 6 nitrogen and oxygen atoms in total. The van der Waals surface area contributed by atoms with Crippen LogP contribution in [0.5, 0.6) is 11.6 Å². The van der Waals surface area contributed by atoms with E-state index in [0.717, 1.165) is 18.0 Å². The van der Waals surface area contributed by atoms with E-state index in [0.29, 0.717) is 6.42 Å². The summed E-state index contributed by atoms with van der Waals surface area (Å²) in [5.41, 5.74) is 0.631. The molecule has 0 N–H and O–H groups in total. The number of nitrogens with zero attached hydrogens (tertiary/aromatic N) is 3. The standard InChI is InChI=1S/C12H10FN3O3/c1-2-8-3-4-10(9(5-8)16(17)18)19-12-6-11(13)14-7-15-12/h3-7H,2H2,1H3. The minimum Gasteiger partial charge on any atom is -0.432 e. The molecular formula is C12H10FN3O3. The number of halogens is 1. The van der Waals surface area contributed by atoms with Gasteiger partial charge in [0.2, 0.25) is 17.6 Å². The number of hydrogen-bond donors (Lipinski definition) is 0. The van der Waals surface area contributed by atoms with Crippen molar-refractivity contribution in [3.63, 3.8) is 0 Å². The molecule has 0 spiro atoms. The molecular weight excluding hydrogens is 253 g/mol. The van der Waals surface area contributed by atoms with Gasteiger partial charge in [-0.3, -0.25) is 10.1 Å². The minimum absolute atomic E-state index is 0.0142. The number of rotatable bonds is 4. The Hall–Kier alpha value is -2.57. The summed E-state index contributed by atoms with van der Waals surface area (Å²) in [6.07, 6.45) is 1.65. The zero-order chi connectivity index (χ0) is 13.8. The third-order valence-electron chi connectivity index (χ3n) is 2.45. The average Bonchev–Trinajstić information content (AvgIpc) is 2.39. The fourth-order valence-corrected chi connectivity index (χ4v) is 1.50. The first-order valence-electron chi connectivity index (χ1n) is 5.53. The van der Waals surface area contributed by atoms with Crippen molar-refractivity contribution in [3.05, 3.63) is 52.2 Å². The highest BCUT2D eigenvalue weighted by atomic mass is 19.1. The first kappa shape index (κ1) is 12.9. The Bertz CT molecular complexity index is 619. The van der Waals surface area contributed by atoms with E-state index in [1.54, 1.807) is 6.07 Å². The van der Waals surface area contributed by atoms with Crippen molar-refractivity contribution < 1.29 is 14.1 Å². The third-order valence-corrected chi connectivity index (χ3v) is 2.45. The van der Waals surface area contributed by atoms with Gasteiger partial charge in [0.1, 0.15) is 6.33 Å². The topological polar surface area (TPSA) is 78.2 Å². The molecule has 1 heterocycles. The zero-order valence-electron chi connectivity index (χ0n) is 10.0. The summed E-state index contributed by atoms with van der Waals surface area (Å²) in [4.78, 5) is 17.4. The van der Waals surface area contributed by atoms with Crippen LogP contribution in [0.15, 0.2) is 30.6 Å². The van der Waals surface area contributed by atoms with Crippen LogP contribution in [-0.2, 0) is 6.42 Å². The summed E-state index contributed by atoms with van der Waals surface area (Å²) >= 11 is 0. The Morgan fingerprint density at radius 1 is 1.37 bits per heavy atom. The minimum atomic E-state index is -0.766. The first-order chi connectivity index (χ1) is 9.10. The second kappa shape index (κ2) is 5.38. The first-order valence-corrected chi connectivity index (χ1v) is 5.53. The SMILES string of the molecule is CCc1ccc(Oc2cc(F)ncn2)c([N+](=O)[O-])c1. The van der Waals surface area contributed by atoms with Gasteiger partial charge in [-0.15, -0.1) is 0 Å². The third kappa shape index (κ3) is 3.01. The van der Waals surface area contributed by atoms with E-state index in [2.05, 4.69) is 9.97 Å². The molecule has 0 amide bonds. The monoisotopic (exact) mass is 263 g/mol. The predicted molar refractivity (Wildman–Crippen MR) is 64.5 cm³/mol. The predicted octanol–water partition coefficient (Wildman–Crippen LogP) is 2.88. The van der Waals surface area contributed by atoms with E-state index in [1.807, 2.05) is 6.92 Å². The van der Waals surface area contributed by atoms with Crippen molar-refractivity contribution in [1.82, 2.24) is 9.97 Å². The Morgan fingerprint density at radius 3 is 2.79 bits per heavy atom. The maximum absolute atomic E-state index is 12.9. The molecule has 19 heavy (non-hydrogen) atoms. The van der Waals surface area contributed by atoms with Gasteiger partial charge in [-0.25, -0.2) is 9.97 Å². The van der Waals surface area contributed by atoms with Crippen LogP contribution in [0, 0.1) is 16.1 Å². The van der Waals surface area contributed by atoms with Crippen LogP contribution in [0.3, 0.4) is 0 Å². The normalized spacial score (nSPS) is 10.2. The van der Waals surface area contributed by atoms with Gasteiger partial charge in [0.15, 0.2) is 0 Å². The van der Waals surface area contributed by atoms with Crippen molar-refractivity contribution in [1.29, 1.82) is 0 Å². The van der Waals surface area contributed by atoms with Crippen LogP contribution in [-0.4, -0.2) is 14.9 Å². The fourth-order valence-electron chi connectivity index (χ4n) is 1.50. The fraction of sp³-hybridized carbons (Fsp3) is 0.167. The number of nitro groups is 1. The average molecular weight is 263 g/mol. The summed E-state index contributed by atoms with van der Waals surface area (Å²) in [5, 5.41) is 11.0. The van der Waals surface area contributed by atoms with Crippen molar-refractivity contribution in [2.75, 3.05) is 0 Å². The van der Waals surface area contributed by atoms with E-state index in [1.165, 1.54) is 12.1 Å². The molecule has 0 saturated heterocycles. The maximum Gasteiger partial charge on any atom is 0.311 e. The second-order valence-corrected chi connectivity index (χ2v) is 3.69. The molecule has 1 aromatic heterocycles. The van der Waals surface area contributed by atoms with Gasteiger partial charge in [0.25, 0.3) is 0 Å². The van der Waals surface area contributed by atoms with E-state index in [9.17, 15) is 14.5 Å². The smallest absolute Gasteiger partial charge is 0.311 e. The van der Waals surface area contributed by atoms with Gasteiger partial charge in [-0.1, -0.05) is 13.0 Å². The summed E-state index contributed by atoms with van der Waals surface area (Å²) in [7, 11) is 0. The maximum atomic E-state index is 12.9. The quantitative estimate of drug-likeness (QED) is 0.481. The highest BCUT2D eigenvalue weighted by molar-refractivity contribution is 5.50. The van der Waals surface area contributed by atoms with Crippen molar-refractivity contribution >= 4 is 5.69 Å². The molecule has 0 atom stereocenters. The van der Waals surface area contributed by atoms with E-state index in [4.69, 9.17) is 4.74 Å². The Morgan fingerprint density at radius 2 is 2.16 bits per heavy atom. The summed E-state index contributed by atoms with van der Waals surface area (Å²) in [6.45, 7) is 1.89. The van der Waals surface area contributed by atoms with Crippen LogP contribution in [0.1, 0.15) is 12.5 Å². The van der Waals surface area contributed by atoms with Crippen LogP contribution in [0.2, 0.25) is 0 Å². The van der Waals surface area contributed by atoms with Crippen molar-refractivity contribution in [2.24, 2.45) is 0 Å². The molecule has 2 rings (SSSR count). The summed E-state index contributed by atoms with van der Waals surface area (Å²) in [5.74, 6) is -0.835. The molecule has 0 aliphatic rings. The zero-order valence-corrected chi connectivity index (χ0v) is 10.0. The Balaban J connectivity index is 2.36. The molecule has 0 saturated carbocycles. The summed E-state index contributed by atoms with van der Waals surface area (Å²) in [6, 6.07) is 5.56. The van der Waals surface area contributed by atoms with E-state index >= 15 is 0 Å². The lowest BCUT2D eigenvalue weighted by molar-refractivity contribution is -0.385. The van der Waals surface area contributed by atoms with Gasteiger partial charge in [-0.2, -0.15) is 4.39 Å². The highest BCUT2D eigenvalue weighted by Gasteiger charge is 2.17. The molecule has 0 aliphatic heterocycles. The van der Waals surface area contributed by atoms with Gasteiger partial charge in [0, 0.05) is 6.07 Å². The van der Waals surface area contributed by atoms with Gasteiger partial charge >= 0.3 is 5.69 Å². The van der Waals surface area contributed by atoms with E-state index in [-0.39, 0.29) is 17.3 Å². The van der Waals surface area contributed by atoms with Crippen LogP contribution >= 0.6 is 0 Å². The van der Waals surface area contributed by atoms with Gasteiger partial charge in [-0.05, 0) is 18.1 Å². The van der Waals surface area contributed by atoms with Gasteiger partial charge in [0.05, 0.1) is 11.0 Å². The molecule has 98 valence electrons. The molecule has 0 bridgehead atoms. The number of aryl methyl sites for hydroxylation is 1. The van der Waals surface area contributed by atoms with Crippen LogP contribution < -0.4 is 4.74 Å². The van der Waals surface area contributed by atoms with E-state index < -0.39 is 10.9 Å². The second-order valence-electron chi connectivity index (χ2n) is 3.69. The molecule has 0 fully saturated rings. The molecule has 0 radical (unpaired) electrons. The molecule has 1 aromatic carbocycles. The lowest BCUT2D eigenvalue weighted by atomic mass is 10.1. The largest absolute Gasteiger partial charge is 0.432 e. The number of ether oxygens (including phenoxy) is 1. The van der Waals surface area contributed by atoms with Gasteiger partial charge < -0.3 is 4.74 Å². The Labute approximate surface area is 108 Å². The lowest BCUT2D eigenvalue weighted by Gasteiger charge is -2.06. The van der Waals surface area contributed by atoms with Crippen molar-refractivity contribution in [2.45, 2.75) is 13.3 Å². The summed E-state index contributed by atoms with van der Waals surface area (Å²) < 4.78 is 18.1. The number of nitro benzene ring substituents is 1. The van der Waals surface area contributed by atoms with Crippen LogP contribution in [0.4, 0.5) is 10.1 Å². The lowest BCUT2D eigenvalue weighted by Crippen LogP contribution is -1.97. The molecule has 7 heteroatoms. The molecule has 2 aromatic rings. The molecule has 0 unspecified atom stereocenters. The number of hydrogen-bond acceptors (Lipinski definition) is 5. The van der Waals surface area contributed by atoms with Crippen LogP contribution in [0.25, 0.3) is 0 Å². The number of benzene rings is 1. The molecule has 0 aliphatic carbocycles. The Kier molecular flexibility index (Phi) is 3.65. The highest BCUT2D eigenvalue weighted by Crippen LogP contribution is 2.31. The van der Waals surface area contributed by atoms with Crippen molar-refractivity contribution in [3.8, 4) is 11.6 Å².